The normalized spacial score (nSPS) is 18.9. The van der Waals surface area contributed by atoms with Crippen molar-refractivity contribution in [3.05, 3.63) is 93.7 Å². The lowest BCUT2D eigenvalue weighted by molar-refractivity contribution is -0.150. The van der Waals surface area contributed by atoms with Gasteiger partial charge in [-0.05, 0) is 23.3 Å². The molecule has 13 nitrogen and oxygen atoms in total. The number of aromatic hydroxyl groups is 2. The molecule has 4 heterocycles. The van der Waals surface area contributed by atoms with Crippen LogP contribution in [-0.2, 0) is 25.8 Å². The Labute approximate surface area is 279 Å². The number of rotatable bonds is 10. The molecule has 0 saturated carbocycles. The van der Waals surface area contributed by atoms with Gasteiger partial charge >= 0.3 is 5.97 Å². The highest BCUT2D eigenvalue weighted by atomic mass is 32.2. The molecule has 3 aliphatic rings. The number of thioether (sulfide) groups is 1. The average molecular weight is 697 g/mol. The third-order valence-corrected chi connectivity index (χ3v) is 9.61. The number of phenols is 2. The fourth-order valence-electron chi connectivity index (χ4n) is 5.32. The van der Waals surface area contributed by atoms with Crippen LogP contribution in [0.15, 0.2) is 70.4 Å². The summed E-state index contributed by atoms with van der Waals surface area (Å²) in [6, 6.07) is 7.39. The number of β-lactam (4-membered cyclic amide) rings is 1. The van der Waals surface area contributed by atoms with Gasteiger partial charge in [-0.15, -0.1) is 23.1 Å². The quantitative estimate of drug-likeness (QED) is 0.0906. The molecule has 6 rings (SSSR count). The number of thiazole rings is 1. The second-order valence-corrected chi connectivity index (χ2v) is 12.6. The summed E-state index contributed by atoms with van der Waals surface area (Å²) in [4.78, 5) is 51.3. The number of anilines is 2. The summed E-state index contributed by atoms with van der Waals surface area (Å²) in [7, 11) is 0. The van der Waals surface area contributed by atoms with E-state index in [4.69, 9.17) is 10.6 Å². The van der Waals surface area contributed by atoms with E-state index in [2.05, 4.69) is 20.4 Å². The van der Waals surface area contributed by atoms with Crippen LogP contribution in [0.4, 0.5) is 19.6 Å². The number of halogens is 2. The Balaban J connectivity index is 1.16. The van der Waals surface area contributed by atoms with Crippen molar-refractivity contribution in [2.45, 2.75) is 18.0 Å². The maximum absolute atomic E-state index is 14.3. The average Bonchev–Trinajstić information content (AvgIpc) is 3.51. The van der Waals surface area contributed by atoms with E-state index >= 15 is 0 Å². The largest absolute Gasteiger partial charge is 0.502 e. The first-order valence-electron chi connectivity index (χ1n) is 14.2. The van der Waals surface area contributed by atoms with Crippen LogP contribution in [0, 0.1) is 11.6 Å². The molecular weight excluding hydrogens is 671 g/mol. The van der Waals surface area contributed by atoms with Crippen LogP contribution in [-0.4, -0.2) is 79.0 Å². The van der Waals surface area contributed by atoms with Crippen LogP contribution >= 0.6 is 23.1 Å². The molecule has 2 amide bonds. The summed E-state index contributed by atoms with van der Waals surface area (Å²) >= 11 is 2.25. The van der Waals surface area contributed by atoms with Crippen molar-refractivity contribution in [2.24, 2.45) is 5.16 Å². The Bertz CT molecular complexity index is 1950. The Morgan fingerprint density at radius 1 is 1.23 bits per heavy atom. The summed E-state index contributed by atoms with van der Waals surface area (Å²) in [5.41, 5.74) is 7.10. The number of nitrogen functional groups attached to an aromatic ring is 1. The zero-order valence-corrected chi connectivity index (χ0v) is 26.3. The first kappa shape index (κ1) is 32.5. The SMILES string of the molecule is Nc1nc(C(=NOCc2cc(F)c(O)c(O)c2F)C(=O)NC2C(=O)N3C(C(=O)O)=C(C=CCN4CC=Cc5ccccc54)CSC23)cs1. The summed E-state index contributed by atoms with van der Waals surface area (Å²) in [5.74, 6) is -7.88. The van der Waals surface area contributed by atoms with Gasteiger partial charge in [0.05, 0.1) is 0 Å². The summed E-state index contributed by atoms with van der Waals surface area (Å²) < 4.78 is 28.1. The number of phenolic OH excluding ortho intramolecular Hbond substituents is 2. The number of aliphatic carboxylic acids is 1. The number of nitrogens with zero attached hydrogens (tertiary/aromatic N) is 4. The number of hydrogen-bond donors (Lipinski definition) is 5. The Hall–Kier alpha value is -5.42. The highest BCUT2D eigenvalue weighted by Crippen LogP contribution is 2.41. The molecular formula is C31H26F2N6O7S2. The van der Waals surface area contributed by atoms with Gasteiger partial charge in [-0.25, -0.2) is 18.6 Å². The Kier molecular flexibility index (Phi) is 9.05. The second-order valence-electron chi connectivity index (χ2n) is 10.6. The highest BCUT2D eigenvalue weighted by molar-refractivity contribution is 8.00. The number of carbonyl (C=O) groups is 3. The number of carbonyl (C=O) groups excluding carboxylic acids is 2. The number of nitrogens with two attached hydrogens (primary N) is 1. The number of carboxylic acids is 1. The number of carboxylic acid groups (broad SMARTS) is 1. The maximum Gasteiger partial charge on any atom is 0.352 e. The van der Waals surface area contributed by atoms with E-state index in [9.17, 15) is 38.5 Å². The standard InChI is InChI=1S/C31H26F2N6O7S2/c32-18-11-17(21(33)26(41)25(18)40)12-46-37-22(19-14-48-31(34)35-19)27(42)36-23-28(43)39-24(30(44)45)16(13-47-29(23)39)7-4-10-38-9-3-6-15-5-1-2-8-20(15)38/h1-8,11,14,23,29,40-41H,9-10,12-13H2,(H2,34,35)(H,36,42)(H,44,45). The van der Waals surface area contributed by atoms with Crippen LogP contribution in [0.1, 0.15) is 16.8 Å². The molecule has 0 aliphatic carbocycles. The predicted octanol–water partition coefficient (Wildman–Crippen LogP) is 3.16. The fraction of sp³-hybridized carbons (Fsp3) is 0.194. The predicted molar refractivity (Wildman–Crippen MR) is 174 cm³/mol. The molecule has 2 aromatic carbocycles. The van der Waals surface area contributed by atoms with Gasteiger partial charge < -0.3 is 36.1 Å². The number of aromatic nitrogens is 1. The molecule has 3 aromatic rings. The van der Waals surface area contributed by atoms with Crippen LogP contribution in [0.5, 0.6) is 11.5 Å². The summed E-state index contributed by atoms with van der Waals surface area (Å²) in [5, 5.41) is 36.0. The molecule has 3 aliphatic heterocycles. The van der Waals surface area contributed by atoms with Crippen molar-refractivity contribution in [1.82, 2.24) is 15.2 Å². The van der Waals surface area contributed by atoms with E-state index in [0.717, 1.165) is 27.5 Å². The third kappa shape index (κ3) is 6.16. The fourth-order valence-corrected chi connectivity index (χ4v) is 7.19. The smallest absolute Gasteiger partial charge is 0.352 e. The molecule has 0 radical (unpaired) electrons. The molecule has 0 spiro atoms. The van der Waals surface area contributed by atoms with Gasteiger partial charge in [0.15, 0.2) is 34.0 Å². The minimum absolute atomic E-state index is 0.0412. The number of hydrogen-bond acceptors (Lipinski definition) is 12. The van der Waals surface area contributed by atoms with Gasteiger partial charge in [0.2, 0.25) is 0 Å². The topological polar surface area (TPSA) is 191 Å². The van der Waals surface area contributed by atoms with Crippen LogP contribution in [0.25, 0.3) is 6.08 Å². The number of allylic oxidation sites excluding steroid dienone is 1. The van der Waals surface area contributed by atoms with Crippen molar-refractivity contribution in [1.29, 1.82) is 0 Å². The number of para-hydroxylation sites is 1. The van der Waals surface area contributed by atoms with E-state index in [1.54, 1.807) is 6.08 Å². The molecule has 17 heteroatoms. The zero-order chi connectivity index (χ0) is 34.1. The van der Waals surface area contributed by atoms with Crippen molar-refractivity contribution in [2.75, 3.05) is 29.5 Å². The lowest BCUT2D eigenvalue weighted by Gasteiger charge is -2.49. The number of benzene rings is 2. The van der Waals surface area contributed by atoms with Crippen molar-refractivity contribution >= 4 is 63.5 Å². The second kappa shape index (κ2) is 13.4. The Morgan fingerprint density at radius 3 is 2.77 bits per heavy atom. The minimum Gasteiger partial charge on any atom is -0.502 e. The van der Waals surface area contributed by atoms with Gasteiger partial charge in [-0.2, -0.15) is 0 Å². The molecule has 6 N–H and O–H groups in total. The highest BCUT2D eigenvalue weighted by Gasteiger charge is 2.54. The molecule has 48 heavy (non-hydrogen) atoms. The van der Waals surface area contributed by atoms with Crippen LogP contribution in [0.2, 0.25) is 0 Å². The van der Waals surface area contributed by atoms with Crippen molar-refractivity contribution < 1.29 is 43.3 Å². The molecule has 248 valence electrons. The van der Waals surface area contributed by atoms with E-state index in [0.29, 0.717) is 24.7 Å². The van der Waals surface area contributed by atoms with E-state index in [-0.39, 0.29) is 22.3 Å². The van der Waals surface area contributed by atoms with Crippen LogP contribution in [0.3, 0.4) is 0 Å². The van der Waals surface area contributed by atoms with Crippen LogP contribution < -0.4 is 16.0 Å². The molecule has 2 unspecified atom stereocenters. The minimum atomic E-state index is -1.35. The van der Waals surface area contributed by atoms with Gasteiger partial charge in [-0.3, -0.25) is 14.5 Å². The first-order valence-corrected chi connectivity index (χ1v) is 16.2. The van der Waals surface area contributed by atoms with E-state index in [1.807, 2.05) is 42.5 Å². The number of nitrogens with one attached hydrogen (secondary N) is 1. The third-order valence-electron chi connectivity index (χ3n) is 7.63. The summed E-state index contributed by atoms with van der Waals surface area (Å²) in [6.07, 6.45) is 7.64. The lowest BCUT2D eigenvalue weighted by Crippen LogP contribution is -2.71. The van der Waals surface area contributed by atoms with Crippen molar-refractivity contribution in [3.8, 4) is 11.5 Å². The van der Waals surface area contributed by atoms with Gasteiger partial charge in [-0.1, -0.05) is 47.7 Å². The number of amides is 2. The monoisotopic (exact) mass is 696 g/mol. The first-order chi connectivity index (χ1) is 23.0. The molecule has 0 bridgehead atoms. The molecule has 1 aromatic heterocycles. The van der Waals surface area contributed by atoms with Crippen molar-refractivity contribution in [3.63, 3.8) is 0 Å². The van der Waals surface area contributed by atoms with E-state index < -0.39 is 70.2 Å². The van der Waals surface area contributed by atoms with E-state index in [1.165, 1.54) is 17.1 Å². The number of oxime groups is 1. The Morgan fingerprint density at radius 2 is 2.02 bits per heavy atom. The lowest BCUT2D eigenvalue weighted by atomic mass is 10.0. The molecule has 1 saturated heterocycles. The number of fused-ring (bicyclic) bond motifs is 2. The van der Waals surface area contributed by atoms with Gasteiger partial charge in [0, 0.05) is 35.5 Å². The molecule has 1 fully saturated rings. The van der Waals surface area contributed by atoms with Gasteiger partial charge in [0.25, 0.3) is 11.8 Å². The maximum atomic E-state index is 14.3. The zero-order valence-electron chi connectivity index (χ0n) is 24.7. The van der Waals surface area contributed by atoms with Gasteiger partial charge in [0.1, 0.15) is 29.4 Å². The molecule has 2 atom stereocenters. The summed E-state index contributed by atoms with van der Waals surface area (Å²) in [6.45, 7) is 0.444.